The van der Waals surface area contributed by atoms with Crippen LogP contribution in [-0.4, -0.2) is 55.1 Å². The van der Waals surface area contributed by atoms with Crippen molar-refractivity contribution in [1.82, 2.24) is 15.1 Å². The first-order chi connectivity index (χ1) is 8.92. The monoisotopic (exact) mass is 337 g/mol. The molecule has 1 N–H and O–H groups in total. The van der Waals surface area contributed by atoms with Gasteiger partial charge in [-0.25, -0.2) is 0 Å². The molecular formula is C14H25Cl2N3S. The fraction of sp³-hybridized carbons (Fsp3) is 0.714. The van der Waals surface area contributed by atoms with Crippen LogP contribution in [0.2, 0.25) is 0 Å². The Balaban J connectivity index is 0.000001000. The van der Waals surface area contributed by atoms with Crippen molar-refractivity contribution < 1.29 is 0 Å². The minimum Gasteiger partial charge on any atom is -0.314 e. The molecule has 0 unspecified atom stereocenters. The second-order valence-electron chi connectivity index (χ2n) is 5.37. The molecule has 2 aliphatic rings. The molecule has 0 bridgehead atoms. The number of nitrogens with one attached hydrogen (secondary N) is 1. The molecule has 2 fully saturated rings. The molecule has 1 saturated heterocycles. The van der Waals surface area contributed by atoms with Gasteiger partial charge in [-0.3, -0.25) is 9.80 Å². The summed E-state index contributed by atoms with van der Waals surface area (Å²) in [7, 11) is 0. The van der Waals surface area contributed by atoms with Crippen molar-refractivity contribution >= 4 is 36.2 Å². The summed E-state index contributed by atoms with van der Waals surface area (Å²) in [5.41, 5.74) is 0. The minimum atomic E-state index is 0. The Kier molecular flexibility index (Phi) is 8.41. The van der Waals surface area contributed by atoms with Gasteiger partial charge in [0.2, 0.25) is 0 Å². The number of thiophene rings is 1. The molecule has 0 atom stereocenters. The average Bonchev–Trinajstić information content (AvgIpc) is 3.13. The highest BCUT2D eigenvalue weighted by Gasteiger charge is 2.29. The van der Waals surface area contributed by atoms with Gasteiger partial charge < -0.3 is 5.32 Å². The topological polar surface area (TPSA) is 18.5 Å². The van der Waals surface area contributed by atoms with E-state index in [1.54, 1.807) is 0 Å². The zero-order valence-corrected chi connectivity index (χ0v) is 14.2. The van der Waals surface area contributed by atoms with Gasteiger partial charge in [-0.05, 0) is 24.3 Å². The maximum Gasteiger partial charge on any atom is 0.0331 e. The normalized spacial score (nSPS) is 19.4. The lowest BCUT2D eigenvalue weighted by molar-refractivity contribution is 0.180. The Morgan fingerprint density at radius 2 is 2.00 bits per heavy atom. The number of hydrogen-bond donors (Lipinski definition) is 1. The predicted molar refractivity (Wildman–Crippen MR) is 91.6 cm³/mol. The van der Waals surface area contributed by atoms with E-state index in [-0.39, 0.29) is 24.8 Å². The second-order valence-corrected chi connectivity index (χ2v) is 6.40. The third-order valence-corrected chi connectivity index (χ3v) is 4.78. The molecule has 2 heterocycles. The summed E-state index contributed by atoms with van der Waals surface area (Å²) in [5, 5.41) is 5.61. The Morgan fingerprint density at radius 1 is 1.25 bits per heavy atom. The Labute approximate surface area is 138 Å². The maximum atomic E-state index is 3.42. The highest BCUT2D eigenvalue weighted by atomic mass is 35.5. The lowest BCUT2D eigenvalue weighted by Crippen LogP contribution is -2.46. The van der Waals surface area contributed by atoms with Crippen molar-refractivity contribution in [1.29, 1.82) is 0 Å². The summed E-state index contributed by atoms with van der Waals surface area (Å²) in [6.07, 6.45) is 2.82. The third kappa shape index (κ3) is 5.51. The summed E-state index contributed by atoms with van der Waals surface area (Å²) >= 11 is 1.89. The van der Waals surface area contributed by atoms with Crippen LogP contribution in [0.5, 0.6) is 0 Å². The molecule has 1 aromatic heterocycles. The quantitative estimate of drug-likeness (QED) is 0.860. The summed E-state index contributed by atoms with van der Waals surface area (Å²) in [6, 6.07) is 5.31. The van der Waals surface area contributed by atoms with Gasteiger partial charge in [0.25, 0.3) is 0 Å². The van der Waals surface area contributed by atoms with E-state index in [0.29, 0.717) is 0 Å². The maximum absolute atomic E-state index is 3.42. The van der Waals surface area contributed by atoms with Crippen LogP contribution in [0.1, 0.15) is 17.7 Å². The van der Waals surface area contributed by atoms with E-state index in [2.05, 4.69) is 32.6 Å². The number of piperazine rings is 1. The van der Waals surface area contributed by atoms with Gasteiger partial charge in [0.1, 0.15) is 0 Å². The summed E-state index contributed by atoms with van der Waals surface area (Å²) in [5.74, 6) is 0. The first-order valence-electron chi connectivity index (χ1n) is 7.11. The molecule has 1 aliphatic heterocycles. The average molecular weight is 338 g/mol. The van der Waals surface area contributed by atoms with Crippen molar-refractivity contribution in [2.24, 2.45) is 0 Å². The molecule has 20 heavy (non-hydrogen) atoms. The first-order valence-corrected chi connectivity index (χ1v) is 7.99. The number of hydrogen-bond acceptors (Lipinski definition) is 4. The molecule has 0 radical (unpaired) electrons. The lowest BCUT2D eigenvalue weighted by atomic mass is 10.3. The smallest absolute Gasteiger partial charge is 0.0331 e. The number of nitrogens with zero attached hydrogens (tertiary/aromatic N) is 2. The Hall–Kier alpha value is 0.160. The summed E-state index contributed by atoms with van der Waals surface area (Å²) < 4.78 is 0. The van der Waals surface area contributed by atoms with Crippen LogP contribution in [0.25, 0.3) is 0 Å². The van der Waals surface area contributed by atoms with Crippen molar-refractivity contribution in [3.05, 3.63) is 22.4 Å². The Morgan fingerprint density at radius 3 is 2.60 bits per heavy atom. The molecule has 0 aromatic carbocycles. The van der Waals surface area contributed by atoms with Crippen molar-refractivity contribution in [2.45, 2.75) is 25.4 Å². The van der Waals surface area contributed by atoms with E-state index in [9.17, 15) is 0 Å². The summed E-state index contributed by atoms with van der Waals surface area (Å²) in [4.78, 5) is 6.80. The van der Waals surface area contributed by atoms with Gasteiger partial charge in [0.15, 0.2) is 0 Å². The fourth-order valence-corrected chi connectivity index (χ4v) is 3.37. The van der Waals surface area contributed by atoms with Gasteiger partial charge in [-0.1, -0.05) is 6.07 Å². The molecule has 1 saturated carbocycles. The molecule has 3 rings (SSSR count). The molecule has 116 valence electrons. The van der Waals surface area contributed by atoms with Gasteiger partial charge >= 0.3 is 0 Å². The van der Waals surface area contributed by atoms with Crippen molar-refractivity contribution in [3.63, 3.8) is 0 Å². The SMILES string of the molecule is Cl.Cl.c1csc(CN(CCN2CCNCC2)C2CC2)c1. The number of rotatable bonds is 6. The fourth-order valence-electron chi connectivity index (χ4n) is 2.64. The Bertz CT molecular complexity index is 351. The summed E-state index contributed by atoms with van der Waals surface area (Å²) in [6.45, 7) is 8.40. The highest BCUT2D eigenvalue weighted by molar-refractivity contribution is 7.09. The largest absolute Gasteiger partial charge is 0.314 e. The van der Waals surface area contributed by atoms with Crippen LogP contribution in [0.15, 0.2) is 17.5 Å². The van der Waals surface area contributed by atoms with E-state index in [4.69, 9.17) is 0 Å². The van der Waals surface area contributed by atoms with Crippen LogP contribution in [0, 0.1) is 0 Å². The van der Waals surface area contributed by atoms with Gasteiger partial charge in [-0.15, -0.1) is 36.2 Å². The van der Waals surface area contributed by atoms with Gasteiger partial charge in [0.05, 0.1) is 0 Å². The zero-order valence-electron chi connectivity index (χ0n) is 11.8. The first kappa shape index (κ1) is 18.2. The van der Waals surface area contributed by atoms with E-state index in [1.807, 2.05) is 11.3 Å². The standard InChI is InChI=1S/C14H23N3S.2ClH/c1-2-14(18-11-1)12-17(13-3-4-13)10-9-16-7-5-15-6-8-16;;/h1-2,11,13,15H,3-10,12H2;2*1H. The van der Waals surface area contributed by atoms with Crippen LogP contribution in [0.4, 0.5) is 0 Å². The molecule has 1 aliphatic carbocycles. The van der Waals surface area contributed by atoms with Crippen molar-refractivity contribution in [2.75, 3.05) is 39.3 Å². The van der Waals surface area contributed by atoms with E-state index in [0.717, 1.165) is 25.7 Å². The van der Waals surface area contributed by atoms with Crippen LogP contribution < -0.4 is 5.32 Å². The van der Waals surface area contributed by atoms with Gasteiger partial charge in [0, 0.05) is 56.7 Å². The van der Waals surface area contributed by atoms with E-state index >= 15 is 0 Å². The molecular weight excluding hydrogens is 313 g/mol. The molecule has 0 spiro atoms. The molecule has 1 aromatic rings. The van der Waals surface area contributed by atoms with Crippen molar-refractivity contribution in [3.8, 4) is 0 Å². The van der Waals surface area contributed by atoms with Crippen LogP contribution in [0.3, 0.4) is 0 Å². The van der Waals surface area contributed by atoms with E-state index < -0.39 is 0 Å². The highest BCUT2D eigenvalue weighted by Crippen LogP contribution is 2.28. The second kappa shape index (κ2) is 9.23. The number of halogens is 2. The minimum absolute atomic E-state index is 0. The third-order valence-electron chi connectivity index (χ3n) is 3.92. The zero-order chi connectivity index (χ0) is 12.2. The predicted octanol–water partition coefficient (Wildman–Crippen LogP) is 2.46. The lowest BCUT2D eigenvalue weighted by Gasteiger charge is -2.30. The van der Waals surface area contributed by atoms with Crippen LogP contribution >= 0.6 is 36.2 Å². The molecule has 3 nitrogen and oxygen atoms in total. The van der Waals surface area contributed by atoms with Crippen LogP contribution in [-0.2, 0) is 6.54 Å². The van der Waals surface area contributed by atoms with Gasteiger partial charge in [-0.2, -0.15) is 0 Å². The molecule has 0 amide bonds. The molecule has 6 heteroatoms. The van der Waals surface area contributed by atoms with E-state index in [1.165, 1.54) is 43.9 Å².